The minimum Gasteiger partial charge on any atom is -0.486 e. The summed E-state index contributed by atoms with van der Waals surface area (Å²) in [5.74, 6) is 0.885. The number of rotatable bonds is 5. The molecule has 0 saturated carbocycles. The van der Waals surface area contributed by atoms with Crippen LogP contribution in [0.4, 0.5) is 5.69 Å². The van der Waals surface area contributed by atoms with Gasteiger partial charge in [-0.05, 0) is 28.1 Å². The molecule has 1 aromatic heterocycles. The van der Waals surface area contributed by atoms with Crippen molar-refractivity contribution in [2.24, 2.45) is 0 Å². The molecule has 0 saturated heterocycles. The number of hydrogen-bond donors (Lipinski definition) is 2. The third-order valence-corrected chi connectivity index (χ3v) is 6.89. The Morgan fingerprint density at radius 1 is 1.24 bits per heavy atom. The van der Waals surface area contributed by atoms with Crippen LogP contribution in [-0.2, 0) is 21.4 Å². The number of hydrogen-bond acceptors (Lipinski definition) is 6. The lowest BCUT2D eigenvalue weighted by Crippen LogP contribution is -2.18. The first-order chi connectivity index (χ1) is 11.8. The third kappa shape index (κ3) is 4.25. The van der Waals surface area contributed by atoms with Crippen LogP contribution in [0, 0.1) is 0 Å². The van der Waals surface area contributed by atoms with Crippen molar-refractivity contribution in [1.29, 1.82) is 0 Å². The molecule has 0 spiro atoms. The van der Waals surface area contributed by atoms with Gasteiger partial charge in [-0.25, -0.2) is 8.42 Å². The highest BCUT2D eigenvalue weighted by atomic mass is 79.9. The smallest absolute Gasteiger partial charge is 0.271 e. The van der Waals surface area contributed by atoms with Gasteiger partial charge in [0.05, 0.1) is 12.2 Å². The van der Waals surface area contributed by atoms with E-state index < -0.39 is 10.0 Å². The Hall–Kier alpha value is -1.78. The minimum absolute atomic E-state index is 0.162. The van der Waals surface area contributed by atoms with E-state index in [-0.39, 0.29) is 10.1 Å². The van der Waals surface area contributed by atoms with Crippen molar-refractivity contribution in [3.8, 4) is 11.5 Å². The molecule has 7 nitrogen and oxygen atoms in total. The molecule has 3 rings (SSSR count). The number of amides is 1. The van der Waals surface area contributed by atoms with Crippen LogP contribution in [0.1, 0.15) is 11.8 Å². The Morgan fingerprint density at radius 2 is 1.92 bits per heavy atom. The second kappa shape index (κ2) is 7.22. The molecule has 0 atom stereocenters. The lowest BCUT2D eigenvalue weighted by molar-refractivity contribution is -0.119. The summed E-state index contributed by atoms with van der Waals surface area (Å²) in [6.45, 7) is 2.57. The van der Waals surface area contributed by atoms with Gasteiger partial charge in [-0.3, -0.25) is 9.52 Å². The Bertz CT molecular complexity index is 911. The number of anilines is 1. The normalized spacial score (nSPS) is 13.4. The van der Waals surface area contributed by atoms with Gasteiger partial charge in [-0.2, -0.15) is 0 Å². The summed E-state index contributed by atoms with van der Waals surface area (Å²) in [6, 6.07) is 6.44. The van der Waals surface area contributed by atoms with Crippen LogP contribution in [0.15, 0.2) is 32.9 Å². The van der Waals surface area contributed by atoms with Crippen molar-refractivity contribution < 1.29 is 22.7 Å². The molecule has 134 valence electrons. The molecule has 1 amide bonds. The SMILES string of the molecule is CC(=O)NCc1ccc(S(=O)(=O)Nc2cc3c(cc2Br)OCCO3)s1. The Labute approximate surface area is 157 Å². The largest absolute Gasteiger partial charge is 0.486 e. The molecule has 2 aromatic rings. The average Bonchev–Trinajstić information content (AvgIpc) is 3.03. The van der Waals surface area contributed by atoms with Crippen LogP contribution in [-0.4, -0.2) is 27.5 Å². The maximum Gasteiger partial charge on any atom is 0.271 e. The molecule has 0 bridgehead atoms. The van der Waals surface area contributed by atoms with Crippen LogP contribution in [0.2, 0.25) is 0 Å². The molecule has 0 aliphatic carbocycles. The van der Waals surface area contributed by atoms with Gasteiger partial charge in [0, 0.05) is 28.4 Å². The Balaban J connectivity index is 1.81. The second-order valence-electron chi connectivity index (χ2n) is 5.21. The predicted molar refractivity (Wildman–Crippen MR) is 97.8 cm³/mol. The van der Waals surface area contributed by atoms with E-state index in [1.807, 2.05) is 0 Å². The molecule has 2 heterocycles. The fourth-order valence-corrected chi connectivity index (χ4v) is 5.07. The fraction of sp³-hybridized carbons (Fsp3) is 0.267. The van der Waals surface area contributed by atoms with Crippen molar-refractivity contribution >= 4 is 48.9 Å². The van der Waals surface area contributed by atoms with Gasteiger partial charge >= 0.3 is 0 Å². The molecule has 0 fully saturated rings. The van der Waals surface area contributed by atoms with Crippen LogP contribution >= 0.6 is 27.3 Å². The standard InChI is InChI=1S/C15H15BrN2O5S2/c1-9(19)17-8-10-2-3-15(24-10)25(20,21)18-12-7-14-13(6-11(12)16)22-4-5-23-14/h2-3,6-7,18H,4-5,8H2,1H3,(H,17,19). The highest BCUT2D eigenvalue weighted by Gasteiger charge is 2.21. The lowest BCUT2D eigenvalue weighted by Gasteiger charge is -2.20. The monoisotopic (exact) mass is 446 g/mol. The van der Waals surface area contributed by atoms with E-state index in [9.17, 15) is 13.2 Å². The number of thiophene rings is 1. The molecule has 0 unspecified atom stereocenters. The number of benzene rings is 1. The first kappa shape index (κ1) is 18.0. The van der Waals surface area contributed by atoms with E-state index in [1.54, 1.807) is 18.2 Å². The molecule has 1 aromatic carbocycles. The van der Waals surface area contributed by atoms with Crippen LogP contribution < -0.4 is 19.5 Å². The van der Waals surface area contributed by atoms with E-state index >= 15 is 0 Å². The summed E-state index contributed by atoms with van der Waals surface area (Å²) < 4.78 is 39.4. The Kier molecular flexibility index (Phi) is 5.21. The van der Waals surface area contributed by atoms with Gasteiger partial charge in [0.1, 0.15) is 17.4 Å². The van der Waals surface area contributed by atoms with E-state index in [0.29, 0.717) is 41.4 Å². The zero-order valence-electron chi connectivity index (χ0n) is 13.2. The van der Waals surface area contributed by atoms with Gasteiger partial charge in [-0.15, -0.1) is 11.3 Å². The first-order valence-corrected chi connectivity index (χ1v) is 10.4. The number of fused-ring (bicyclic) bond motifs is 1. The minimum atomic E-state index is -3.75. The number of ether oxygens (including phenoxy) is 2. The summed E-state index contributed by atoms with van der Waals surface area (Å²) in [7, 11) is -3.75. The topological polar surface area (TPSA) is 93.7 Å². The van der Waals surface area contributed by atoms with Crippen molar-refractivity contribution in [1.82, 2.24) is 5.32 Å². The maximum absolute atomic E-state index is 12.6. The number of carbonyl (C=O) groups is 1. The van der Waals surface area contributed by atoms with Crippen molar-refractivity contribution in [3.63, 3.8) is 0 Å². The highest BCUT2D eigenvalue weighted by Crippen LogP contribution is 2.39. The molecule has 0 radical (unpaired) electrons. The van der Waals surface area contributed by atoms with Crippen LogP contribution in [0.5, 0.6) is 11.5 Å². The van der Waals surface area contributed by atoms with E-state index in [2.05, 4.69) is 26.0 Å². The summed E-state index contributed by atoms with van der Waals surface area (Å²) in [5, 5.41) is 2.64. The zero-order valence-corrected chi connectivity index (χ0v) is 16.4. The Morgan fingerprint density at radius 3 is 2.60 bits per heavy atom. The van der Waals surface area contributed by atoms with E-state index in [0.717, 1.165) is 16.2 Å². The lowest BCUT2D eigenvalue weighted by atomic mass is 10.2. The number of carbonyl (C=O) groups excluding carboxylic acids is 1. The van der Waals surface area contributed by atoms with Gasteiger partial charge in [0.2, 0.25) is 5.91 Å². The van der Waals surface area contributed by atoms with Gasteiger partial charge in [-0.1, -0.05) is 0 Å². The zero-order chi connectivity index (χ0) is 18.0. The third-order valence-electron chi connectivity index (χ3n) is 3.29. The van der Waals surface area contributed by atoms with Crippen molar-refractivity contribution in [2.75, 3.05) is 17.9 Å². The van der Waals surface area contributed by atoms with Crippen molar-refractivity contribution in [2.45, 2.75) is 17.7 Å². The quantitative estimate of drug-likeness (QED) is 0.736. The van der Waals surface area contributed by atoms with Crippen molar-refractivity contribution in [3.05, 3.63) is 33.6 Å². The average molecular weight is 447 g/mol. The summed E-state index contributed by atoms with van der Waals surface area (Å²) >= 11 is 4.44. The molecule has 25 heavy (non-hydrogen) atoms. The maximum atomic E-state index is 12.6. The fourth-order valence-electron chi connectivity index (χ4n) is 2.15. The molecule has 2 N–H and O–H groups in total. The summed E-state index contributed by atoms with van der Waals surface area (Å²) in [6.07, 6.45) is 0. The van der Waals surface area contributed by atoms with Gasteiger partial charge < -0.3 is 14.8 Å². The highest BCUT2D eigenvalue weighted by molar-refractivity contribution is 9.10. The van der Waals surface area contributed by atoms with Crippen LogP contribution in [0.25, 0.3) is 0 Å². The number of halogens is 1. The number of sulfonamides is 1. The van der Waals surface area contributed by atoms with Crippen LogP contribution in [0.3, 0.4) is 0 Å². The molecule has 10 heteroatoms. The first-order valence-electron chi connectivity index (χ1n) is 7.30. The predicted octanol–water partition coefficient (Wildman–Crippen LogP) is 2.72. The summed E-state index contributed by atoms with van der Waals surface area (Å²) in [5.41, 5.74) is 0.362. The molecule has 1 aliphatic heterocycles. The molecule has 1 aliphatic rings. The van der Waals surface area contributed by atoms with Gasteiger partial charge in [0.15, 0.2) is 11.5 Å². The number of nitrogens with one attached hydrogen (secondary N) is 2. The van der Waals surface area contributed by atoms with E-state index in [4.69, 9.17) is 9.47 Å². The van der Waals surface area contributed by atoms with E-state index in [1.165, 1.54) is 13.0 Å². The summed E-state index contributed by atoms with van der Waals surface area (Å²) in [4.78, 5) is 11.7. The second-order valence-corrected chi connectivity index (χ2v) is 9.14. The molecular weight excluding hydrogens is 432 g/mol. The van der Waals surface area contributed by atoms with Gasteiger partial charge in [0.25, 0.3) is 10.0 Å². The molecular formula is C15H15BrN2O5S2.